The lowest BCUT2D eigenvalue weighted by molar-refractivity contribution is -0.380. The second-order valence-electron chi connectivity index (χ2n) is 5.05. The highest BCUT2D eigenvalue weighted by Crippen LogP contribution is 2.27. The van der Waals surface area contributed by atoms with E-state index in [2.05, 4.69) is 11.8 Å². The van der Waals surface area contributed by atoms with E-state index in [-0.39, 0.29) is 9.92 Å². The average Bonchev–Trinajstić information content (AvgIpc) is 2.80. The predicted octanol–water partition coefficient (Wildman–Crippen LogP) is 2.07. The number of piperidine rings is 1. The summed E-state index contributed by atoms with van der Waals surface area (Å²) in [6.07, 6.45) is 1.16. The summed E-state index contributed by atoms with van der Waals surface area (Å²) in [6, 6.07) is 1.68. The van der Waals surface area contributed by atoms with Crippen LogP contribution in [-0.2, 0) is 6.54 Å². The molecule has 2 heterocycles. The normalized spacial score (nSPS) is 25.2. The zero-order chi connectivity index (χ0) is 13.1. The molecule has 0 aliphatic carbocycles. The maximum Gasteiger partial charge on any atom is 0.324 e. The largest absolute Gasteiger partial charge is 0.330 e. The number of likely N-dealkylation sites (tertiary alicyclic amines) is 1. The summed E-state index contributed by atoms with van der Waals surface area (Å²) < 4.78 is 0. The van der Waals surface area contributed by atoms with E-state index in [0.717, 1.165) is 38.2 Å². The Balaban J connectivity index is 1.94. The van der Waals surface area contributed by atoms with Gasteiger partial charge in [-0.15, -0.1) is 0 Å². The van der Waals surface area contributed by atoms with Crippen LogP contribution in [0.1, 0.15) is 18.9 Å². The molecule has 0 saturated carbocycles. The Kier molecular flexibility index (Phi) is 4.31. The van der Waals surface area contributed by atoms with Gasteiger partial charge in [-0.3, -0.25) is 15.0 Å². The summed E-state index contributed by atoms with van der Waals surface area (Å²) in [7, 11) is 0. The predicted molar refractivity (Wildman–Crippen MR) is 72.6 cm³/mol. The van der Waals surface area contributed by atoms with E-state index >= 15 is 0 Å². The first-order valence-electron chi connectivity index (χ1n) is 6.24. The number of hydrogen-bond donors (Lipinski definition) is 1. The highest BCUT2D eigenvalue weighted by molar-refractivity contribution is 7.13. The van der Waals surface area contributed by atoms with Crippen molar-refractivity contribution < 1.29 is 4.92 Å². The standard InChI is InChI=1S/C12H19N3O2S/c1-9-2-3-14(7-11(9)5-13)6-10-4-12(15(16)17)18-8-10/h4,8-9,11H,2-3,5-7,13H2,1H3. The van der Waals surface area contributed by atoms with Gasteiger partial charge in [0.15, 0.2) is 0 Å². The van der Waals surface area contributed by atoms with Gasteiger partial charge < -0.3 is 5.73 Å². The van der Waals surface area contributed by atoms with Crippen molar-refractivity contribution in [3.63, 3.8) is 0 Å². The molecule has 0 amide bonds. The summed E-state index contributed by atoms with van der Waals surface area (Å²) >= 11 is 1.20. The van der Waals surface area contributed by atoms with Crippen LogP contribution in [0.5, 0.6) is 0 Å². The summed E-state index contributed by atoms with van der Waals surface area (Å²) in [5.41, 5.74) is 6.82. The molecule has 2 unspecified atom stereocenters. The van der Waals surface area contributed by atoms with E-state index in [1.165, 1.54) is 11.3 Å². The Hall–Kier alpha value is -0.980. The molecule has 0 bridgehead atoms. The van der Waals surface area contributed by atoms with Crippen molar-refractivity contribution in [1.82, 2.24) is 4.90 Å². The monoisotopic (exact) mass is 269 g/mol. The lowest BCUT2D eigenvalue weighted by atomic mass is 9.87. The third kappa shape index (κ3) is 3.07. The Morgan fingerprint density at radius 2 is 2.44 bits per heavy atom. The number of thiophene rings is 1. The van der Waals surface area contributed by atoms with Crippen LogP contribution in [0.15, 0.2) is 11.4 Å². The third-order valence-electron chi connectivity index (χ3n) is 3.73. The fourth-order valence-corrected chi connectivity index (χ4v) is 3.19. The maximum atomic E-state index is 10.6. The van der Waals surface area contributed by atoms with E-state index in [9.17, 15) is 10.1 Å². The van der Waals surface area contributed by atoms with Crippen LogP contribution in [0.4, 0.5) is 5.00 Å². The minimum Gasteiger partial charge on any atom is -0.330 e. The van der Waals surface area contributed by atoms with Gasteiger partial charge in [-0.25, -0.2) is 0 Å². The lowest BCUT2D eigenvalue weighted by Crippen LogP contribution is -2.42. The molecule has 0 spiro atoms. The van der Waals surface area contributed by atoms with E-state index in [4.69, 9.17) is 5.73 Å². The van der Waals surface area contributed by atoms with Crippen LogP contribution >= 0.6 is 11.3 Å². The molecule has 2 N–H and O–H groups in total. The molecule has 2 rings (SSSR count). The van der Waals surface area contributed by atoms with Gasteiger partial charge in [0.05, 0.1) is 4.92 Å². The van der Waals surface area contributed by atoms with Crippen LogP contribution in [0.3, 0.4) is 0 Å². The third-order valence-corrected chi connectivity index (χ3v) is 4.66. The fourth-order valence-electron chi connectivity index (χ4n) is 2.47. The van der Waals surface area contributed by atoms with Gasteiger partial charge in [0.25, 0.3) is 0 Å². The highest BCUT2D eigenvalue weighted by Gasteiger charge is 2.25. The van der Waals surface area contributed by atoms with Crippen molar-refractivity contribution in [1.29, 1.82) is 0 Å². The Labute approximate surface area is 111 Å². The topological polar surface area (TPSA) is 72.4 Å². The minimum atomic E-state index is -0.324. The Morgan fingerprint density at radius 3 is 3.06 bits per heavy atom. The van der Waals surface area contributed by atoms with Gasteiger partial charge >= 0.3 is 5.00 Å². The van der Waals surface area contributed by atoms with Crippen LogP contribution in [0, 0.1) is 22.0 Å². The number of hydrogen-bond acceptors (Lipinski definition) is 5. The number of nitrogens with zero attached hydrogens (tertiary/aromatic N) is 2. The van der Waals surface area contributed by atoms with Crippen LogP contribution < -0.4 is 5.73 Å². The van der Waals surface area contributed by atoms with Crippen LogP contribution in [-0.4, -0.2) is 29.5 Å². The summed E-state index contributed by atoms with van der Waals surface area (Å²) in [5.74, 6) is 1.23. The van der Waals surface area contributed by atoms with Crippen LogP contribution in [0.25, 0.3) is 0 Å². The van der Waals surface area contributed by atoms with Crippen molar-refractivity contribution in [2.45, 2.75) is 19.9 Å². The molecule has 5 nitrogen and oxygen atoms in total. The maximum absolute atomic E-state index is 10.6. The van der Waals surface area contributed by atoms with E-state index in [1.54, 1.807) is 6.07 Å². The molecule has 1 fully saturated rings. The van der Waals surface area contributed by atoms with Crippen molar-refractivity contribution in [3.8, 4) is 0 Å². The minimum absolute atomic E-state index is 0.228. The highest BCUT2D eigenvalue weighted by atomic mass is 32.1. The first-order chi connectivity index (χ1) is 8.60. The molecule has 1 aliphatic rings. The average molecular weight is 269 g/mol. The van der Waals surface area contributed by atoms with Gasteiger partial charge in [-0.2, -0.15) is 0 Å². The Morgan fingerprint density at radius 1 is 1.67 bits per heavy atom. The second kappa shape index (κ2) is 5.77. The van der Waals surface area contributed by atoms with Crippen LogP contribution in [0.2, 0.25) is 0 Å². The summed E-state index contributed by atoms with van der Waals surface area (Å²) in [6.45, 7) is 5.84. The van der Waals surface area contributed by atoms with Gasteiger partial charge in [0.1, 0.15) is 0 Å². The Bertz CT molecular complexity index is 421. The summed E-state index contributed by atoms with van der Waals surface area (Å²) in [4.78, 5) is 12.7. The van der Waals surface area contributed by atoms with Crippen molar-refractivity contribution in [3.05, 3.63) is 27.1 Å². The second-order valence-corrected chi connectivity index (χ2v) is 5.94. The quantitative estimate of drug-likeness (QED) is 0.671. The van der Waals surface area contributed by atoms with Gasteiger partial charge in [-0.1, -0.05) is 18.3 Å². The first kappa shape index (κ1) is 13.5. The molecule has 18 heavy (non-hydrogen) atoms. The molecule has 0 radical (unpaired) electrons. The number of nitrogens with two attached hydrogens (primary N) is 1. The SMILES string of the molecule is CC1CCN(Cc2csc([N+](=O)[O-])c2)CC1CN. The molecular weight excluding hydrogens is 250 g/mol. The van der Waals surface area contributed by atoms with E-state index in [0.29, 0.717) is 11.8 Å². The first-order valence-corrected chi connectivity index (χ1v) is 7.12. The molecule has 1 aliphatic heterocycles. The van der Waals surface area contributed by atoms with Crippen molar-refractivity contribution in [2.75, 3.05) is 19.6 Å². The fraction of sp³-hybridized carbons (Fsp3) is 0.667. The molecule has 6 heteroatoms. The van der Waals surface area contributed by atoms with Crippen molar-refractivity contribution >= 4 is 16.3 Å². The van der Waals surface area contributed by atoms with Gasteiger partial charge in [-0.05, 0) is 36.9 Å². The molecular formula is C12H19N3O2S. The smallest absolute Gasteiger partial charge is 0.324 e. The van der Waals surface area contributed by atoms with E-state index in [1.807, 2.05) is 5.38 Å². The van der Waals surface area contributed by atoms with E-state index < -0.39 is 0 Å². The van der Waals surface area contributed by atoms with Crippen molar-refractivity contribution in [2.24, 2.45) is 17.6 Å². The lowest BCUT2D eigenvalue weighted by Gasteiger charge is -2.36. The molecule has 1 saturated heterocycles. The molecule has 0 aromatic carbocycles. The van der Waals surface area contributed by atoms with Gasteiger partial charge in [0, 0.05) is 24.5 Å². The molecule has 1 aromatic heterocycles. The van der Waals surface area contributed by atoms with Gasteiger partial charge in [0.2, 0.25) is 0 Å². The number of nitro groups is 1. The molecule has 1 aromatic rings. The zero-order valence-corrected chi connectivity index (χ0v) is 11.4. The molecule has 100 valence electrons. The summed E-state index contributed by atoms with van der Waals surface area (Å²) in [5, 5.41) is 12.7. The number of rotatable bonds is 4. The zero-order valence-electron chi connectivity index (χ0n) is 10.5. The molecule has 2 atom stereocenters.